The number of nitrogens with zero attached hydrogens (tertiary/aromatic N) is 2. The number of halogens is 2. The van der Waals surface area contributed by atoms with E-state index in [9.17, 15) is 13.6 Å². The summed E-state index contributed by atoms with van der Waals surface area (Å²) in [6.07, 6.45) is 4.43. The van der Waals surface area contributed by atoms with Gasteiger partial charge in [0.2, 0.25) is 0 Å². The molecule has 8 heteroatoms. The molecule has 1 unspecified atom stereocenters. The van der Waals surface area contributed by atoms with Crippen molar-refractivity contribution in [2.24, 2.45) is 0 Å². The Hall–Kier alpha value is -2.74. The van der Waals surface area contributed by atoms with E-state index in [0.29, 0.717) is 18.5 Å². The maximum absolute atomic E-state index is 14.6. The molecule has 3 atom stereocenters. The minimum Gasteiger partial charge on any atom is -0.346 e. The highest BCUT2D eigenvalue weighted by molar-refractivity contribution is 6.07. The molecule has 3 N–H and O–H groups in total. The molecule has 6 nitrogen and oxygen atoms in total. The van der Waals surface area contributed by atoms with E-state index in [0.717, 1.165) is 5.56 Å². The molecule has 1 aliphatic rings. The molecular formula is C19H21F2N5O. The van der Waals surface area contributed by atoms with Crippen LogP contribution >= 0.6 is 0 Å². The van der Waals surface area contributed by atoms with Crippen LogP contribution in [0.5, 0.6) is 0 Å². The average Bonchev–Trinajstić information content (AvgIpc) is 3.31. The van der Waals surface area contributed by atoms with Crippen molar-refractivity contribution in [3.05, 3.63) is 53.7 Å². The van der Waals surface area contributed by atoms with Crippen molar-refractivity contribution in [2.75, 3.05) is 13.1 Å². The summed E-state index contributed by atoms with van der Waals surface area (Å²) in [6.45, 7) is 2.79. The molecule has 0 aliphatic carbocycles. The number of hydrogen-bond acceptors (Lipinski definition) is 3. The van der Waals surface area contributed by atoms with Crippen LogP contribution in [0.25, 0.3) is 10.9 Å². The van der Waals surface area contributed by atoms with Crippen LogP contribution in [0, 0.1) is 5.82 Å². The van der Waals surface area contributed by atoms with Gasteiger partial charge in [-0.05, 0) is 32.0 Å². The van der Waals surface area contributed by atoms with Crippen LogP contribution in [0.2, 0.25) is 0 Å². The van der Waals surface area contributed by atoms with E-state index in [1.807, 2.05) is 11.5 Å². The van der Waals surface area contributed by atoms with E-state index in [4.69, 9.17) is 0 Å². The number of H-pyrrole nitrogens is 1. The number of alkyl halides is 1. The van der Waals surface area contributed by atoms with Gasteiger partial charge in [-0.15, -0.1) is 0 Å². The van der Waals surface area contributed by atoms with Gasteiger partial charge in [-0.3, -0.25) is 9.89 Å². The van der Waals surface area contributed by atoms with Gasteiger partial charge < -0.3 is 15.2 Å². The molecule has 1 aromatic carbocycles. The fourth-order valence-electron chi connectivity index (χ4n) is 3.64. The highest BCUT2D eigenvalue weighted by Gasteiger charge is 2.28. The number of nitrogens with one attached hydrogen (secondary N) is 3. The van der Waals surface area contributed by atoms with Crippen LogP contribution < -0.4 is 10.6 Å². The van der Waals surface area contributed by atoms with Gasteiger partial charge >= 0.3 is 0 Å². The Kier molecular flexibility index (Phi) is 4.65. The standard InChI is InChI=1S/C19H21F2N5O/c1-11(12-7-23-24-8-12)26-10-13(18-14(20)3-2-4-17(18)26)19(27)25-16-5-6-22-9-15(16)21/h2-4,7-8,10-11,15-16,22H,5-6,9H2,1H3,(H,23,24)(H,25,27)/t11?,15-,16+/m0/s1. The third-order valence-corrected chi connectivity index (χ3v) is 5.20. The minimum absolute atomic E-state index is 0.151. The number of piperidine rings is 1. The van der Waals surface area contributed by atoms with Gasteiger partial charge in [0.05, 0.1) is 29.4 Å². The summed E-state index contributed by atoms with van der Waals surface area (Å²) in [5.41, 5.74) is 1.73. The van der Waals surface area contributed by atoms with Gasteiger partial charge in [0.1, 0.15) is 12.0 Å². The molecular weight excluding hydrogens is 352 g/mol. The molecule has 3 heterocycles. The van der Waals surface area contributed by atoms with Gasteiger partial charge in [0.25, 0.3) is 5.91 Å². The fraction of sp³-hybridized carbons (Fsp3) is 0.368. The first-order valence-corrected chi connectivity index (χ1v) is 8.99. The van der Waals surface area contributed by atoms with E-state index in [1.165, 1.54) is 6.07 Å². The first kappa shape index (κ1) is 17.7. The highest BCUT2D eigenvalue weighted by atomic mass is 19.1. The molecule has 0 saturated carbocycles. The molecule has 1 amide bonds. The lowest BCUT2D eigenvalue weighted by atomic mass is 10.0. The molecule has 1 fully saturated rings. The Labute approximate surface area is 154 Å². The Morgan fingerprint density at radius 2 is 2.30 bits per heavy atom. The highest BCUT2D eigenvalue weighted by Crippen LogP contribution is 2.30. The van der Waals surface area contributed by atoms with Crippen molar-refractivity contribution >= 4 is 16.8 Å². The van der Waals surface area contributed by atoms with Gasteiger partial charge in [-0.1, -0.05) is 6.07 Å². The summed E-state index contributed by atoms with van der Waals surface area (Å²) in [6, 6.07) is 3.99. The number of carbonyl (C=O) groups excluding carboxylic acids is 1. The van der Waals surface area contributed by atoms with Crippen LogP contribution in [-0.2, 0) is 0 Å². The second-order valence-electron chi connectivity index (χ2n) is 6.88. The van der Waals surface area contributed by atoms with Gasteiger partial charge in [0, 0.05) is 29.9 Å². The van der Waals surface area contributed by atoms with Crippen LogP contribution in [0.3, 0.4) is 0 Å². The zero-order valence-corrected chi connectivity index (χ0v) is 14.9. The number of aromatic nitrogens is 3. The summed E-state index contributed by atoms with van der Waals surface area (Å²) in [7, 11) is 0. The summed E-state index contributed by atoms with van der Waals surface area (Å²) in [5, 5.41) is 12.7. The lowest BCUT2D eigenvalue weighted by Gasteiger charge is -2.27. The molecule has 142 valence electrons. The van der Waals surface area contributed by atoms with Crippen LogP contribution in [0.1, 0.15) is 35.3 Å². The molecule has 0 radical (unpaired) electrons. The van der Waals surface area contributed by atoms with Crippen LogP contribution in [-0.4, -0.2) is 46.0 Å². The summed E-state index contributed by atoms with van der Waals surface area (Å²) >= 11 is 0. The monoisotopic (exact) mass is 373 g/mol. The molecule has 1 aliphatic heterocycles. The van der Waals surface area contributed by atoms with E-state index in [-0.39, 0.29) is 23.5 Å². The summed E-state index contributed by atoms with van der Waals surface area (Å²) < 4.78 is 30.5. The molecule has 1 saturated heterocycles. The molecule has 4 rings (SSSR count). The zero-order valence-electron chi connectivity index (χ0n) is 14.9. The van der Waals surface area contributed by atoms with Crippen LogP contribution in [0.4, 0.5) is 8.78 Å². The van der Waals surface area contributed by atoms with E-state index in [2.05, 4.69) is 20.8 Å². The Morgan fingerprint density at radius 3 is 3.04 bits per heavy atom. The van der Waals surface area contributed by atoms with Crippen molar-refractivity contribution in [1.29, 1.82) is 0 Å². The van der Waals surface area contributed by atoms with Crippen molar-refractivity contribution in [2.45, 2.75) is 31.6 Å². The van der Waals surface area contributed by atoms with Gasteiger partial charge in [0.15, 0.2) is 0 Å². The second-order valence-corrected chi connectivity index (χ2v) is 6.88. The smallest absolute Gasteiger partial charge is 0.253 e. The average molecular weight is 373 g/mol. The molecule has 0 bridgehead atoms. The number of amides is 1. The quantitative estimate of drug-likeness (QED) is 0.658. The third-order valence-electron chi connectivity index (χ3n) is 5.20. The molecule has 2 aromatic heterocycles. The number of benzene rings is 1. The maximum atomic E-state index is 14.6. The number of hydrogen-bond donors (Lipinski definition) is 3. The van der Waals surface area contributed by atoms with Crippen molar-refractivity contribution < 1.29 is 13.6 Å². The summed E-state index contributed by atoms with van der Waals surface area (Å²) in [5.74, 6) is -0.935. The van der Waals surface area contributed by atoms with E-state index >= 15 is 0 Å². The zero-order chi connectivity index (χ0) is 19.0. The van der Waals surface area contributed by atoms with E-state index in [1.54, 1.807) is 30.7 Å². The normalized spacial score (nSPS) is 21.3. The maximum Gasteiger partial charge on any atom is 0.253 e. The topological polar surface area (TPSA) is 74.7 Å². The first-order valence-electron chi connectivity index (χ1n) is 8.99. The Bertz CT molecular complexity index is 953. The van der Waals surface area contributed by atoms with Gasteiger partial charge in [-0.2, -0.15) is 5.10 Å². The predicted molar refractivity (Wildman–Crippen MR) is 97.9 cm³/mol. The number of aromatic amines is 1. The largest absolute Gasteiger partial charge is 0.346 e. The Balaban J connectivity index is 1.73. The Morgan fingerprint density at radius 1 is 1.44 bits per heavy atom. The number of fused-ring (bicyclic) bond motifs is 1. The van der Waals surface area contributed by atoms with E-state index < -0.39 is 23.9 Å². The second kappa shape index (κ2) is 7.11. The van der Waals surface area contributed by atoms with Crippen molar-refractivity contribution in [3.63, 3.8) is 0 Å². The minimum atomic E-state index is -1.16. The predicted octanol–water partition coefficient (Wildman–Crippen LogP) is 2.54. The molecule has 27 heavy (non-hydrogen) atoms. The summed E-state index contributed by atoms with van der Waals surface area (Å²) in [4.78, 5) is 12.9. The van der Waals surface area contributed by atoms with Gasteiger partial charge in [-0.25, -0.2) is 8.78 Å². The lowest BCUT2D eigenvalue weighted by molar-refractivity contribution is 0.0893. The lowest BCUT2D eigenvalue weighted by Crippen LogP contribution is -2.50. The van der Waals surface area contributed by atoms with Crippen molar-refractivity contribution in [3.8, 4) is 0 Å². The number of rotatable bonds is 4. The SMILES string of the molecule is CC(c1cn[nH]c1)n1cc(C(=O)N[C@@H]2CCNC[C@@H]2F)c2c(F)cccc21. The third kappa shape index (κ3) is 3.21. The fourth-order valence-corrected chi connectivity index (χ4v) is 3.64. The number of carbonyl (C=O) groups is 1. The molecule has 0 spiro atoms. The van der Waals surface area contributed by atoms with Crippen molar-refractivity contribution in [1.82, 2.24) is 25.4 Å². The molecule has 3 aromatic rings. The first-order chi connectivity index (χ1) is 13.1. The van der Waals surface area contributed by atoms with Crippen LogP contribution in [0.15, 0.2) is 36.8 Å².